The van der Waals surface area contributed by atoms with E-state index >= 15 is 0 Å². The van der Waals surface area contributed by atoms with E-state index in [0.29, 0.717) is 12.3 Å². The Labute approximate surface area is 104 Å². The highest BCUT2D eigenvalue weighted by Crippen LogP contribution is 2.41. The molecule has 0 aromatic rings. The normalized spacial score (nSPS) is 43.1. The molecule has 1 saturated heterocycles. The molecule has 0 aliphatic carbocycles. The molecule has 0 aromatic carbocycles. The van der Waals surface area contributed by atoms with Crippen molar-refractivity contribution in [3.05, 3.63) is 0 Å². The van der Waals surface area contributed by atoms with Crippen molar-refractivity contribution in [1.82, 2.24) is 0 Å². The van der Waals surface area contributed by atoms with E-state index in [4.69, 9.17) is 14.2 Å². The van der Waals surface area contributed by atoms with Gasteiger partial charge in [-0.25, -0.2) is 0 Å². The van der Waals surface area contributed by atoms with Crippen molar-refractivity contribution >= 4 is 0 Å². The number of hydrogen-bond acceptors (Lipinski definition) is 4. The summed E-state index contributed by atoms with van der Waals surface area (Å²) < 4.78 is 16.6. The van der Waals surface area contributed by atoms with Gasteiger partial charge in [-0.2, -0.15) is 0 Å². The van der Waals surface area contributed by atoms with Crippen LogP contribution in [0.2, 0.25) is 0 Å². The van der Waals surface area contributed by atoms with E-state index in [0.717, 1.165) is 0 Å². The molecule has 1 aliphatic heterocycles. The monoisotopic (exact) mass is 246 g/mol. The van der Waals surface area contributed by atoms with Crippen LogP contribution in [-0.2, 0) is 14.2 Å². The fraction of sp³-hybridized carbons (Fsp3) is 1.00. The molecular weight excluding hydrogens is 220 g/mol. The number of ether oxygens (including phenoxy) is 3. The second-order valence-electron chi connectivity index (χ2n) is 5.56. The highest BCUT2D eigenvalue weighted by atomic mass is 16.6. The maximum atomic E-state index is 10.8. The third-order valence-corrected chi connectivity index (χ3v) is 4.12. The number of methoxy groups -OCH3 is 2. The molecular formula is C13H26O4. The van der Waals surface area contributed by atoms with Gasteiger partial charge in [0.05, 0.1) is 18.8 Å². The zero-order valence-corrected chi connectivity index (χ0v) is 11.8. The molecule has 4 nitrogen and oxygen atoms in total. The Morgan fingerprint density at radius 3 is 2.41 bits per heavy atom. The molecule has 1 N–H and O–H groups in total. The molecule has 4 atom stereocenters. The minimum atomic E-state index is -1.11. The first-order valence-electron chi connectivity index (χ1n) is 6.22. The molecule has 3 unspecified atom stereocenters. The van der Waals surface area contributed by atoms with Crippen LogP contribution in [0.15, 0.2) is 0 Å². The number of rotatable bonds is 4. The lowest BCUT2D eigenvalue weighted by Crippen LogP contribution is -2.68. The first-order chi connectivity index (χ1) is 7.80. The van der Waals surface area contributed by atoms with Crippen LogP contribution in [0, 0.1) is 5.92 Å². The van der Waals surface area contributed by atoms with Crippen LogP contribution in [0.25, 0.3) is 0 Å². The summed E-state index contributed by atoms with van der Waals surface area (Å²) in [6, 6.07) is 0. The SMILES string of the molecule is COCC1(O)C(C)O[C@@H](C(C)C)CC1(C)OC. The van der Waals surface area contributed by atoms with Crippen LogP contribution in [0.3, 0.4) is 0 Å². The third kappa shape index (κ3) is 2.50. The Morgan fingerprint density at radius 1 is 1.41 bits per heavy atom. The Hall–Kier alpha value is -0.160. The summed E-state index contributed by atoms with van der Waals surface area (Å²) in [5, 5.41) is 10.8. The summed E-state index contributed by atoms with van der Waals surface area (Å²) in [6.45, 7) is 8.26. The predicted octanol–water partition coefficient (Wildman–Crippen LogP) is 1.60. The summed E-state index contributed by atoms with van der Waals surface area (Å²) >= 11 is 0. The van der Waals surface area contributed by atoms with Gasteiger partial charge in [0.25, 0.3) is 0 Å². The lowest BCUT2D eigenvalue weighted by molar-refractivity contribution is -0.288. The topological polar surface area (TPSA) is 47.9 Å². The van der Waals surface area contributed by atoms with E-state index < -0.39 is 11.2 Å². The molecule has 102 valence electrons. The van der Waals surface area contributed by atoms with E-state index in [1.165, 1.54) is 0 Å². The number of aliphatic hydroxyl groups is 1. The summed E-state index contributed by atoms with van der Waals surface area (Å²) in [7, 11) is 3.21. The Kier molecular flexibility index (Phi) is 4.58. The van der Waals surface area contributed by atoms with Crippen LogP contribution in [0.1, 0.15) is 34.1 Å². The van der Waals surface area contributed by atoms with Gasteiger partial charge in [-0.15, -0.1) is 0 Å². The molecule has 4 heteroatoms. The quantitative estimate of drug-likeness (QED) is 0.818. The van der Waals surface area contributed by atoms with Crippen LogP contribution < -0.4 is 0 Å². The molecule has 0 aromatic heterocycles. The lowest BCUT2D eigenvalue weighted by atomic mass is 9.73. The van der Waals surface area contributed by atoms with Crippen molar-refractivity contribution < 1.29 is 19.3 Å². The summed E-state index contributed by atoms with van der Waals surface area (Å²) in [5.74, 6) is 0.402. The van der Waals surface area contributed by atoms with Crippen molar-refractivity contribution in [2.75, 3.05) is 20.8 Å². The third-order valence-electron chi connectivity index (χ3n) is 4.12. The van der Waals surface area contributed by atoms with Gasteiger partial charge in [0.15, 0.2) is 0 Å². The molecule has 1 rings (SSSR count). The summed E-state index contributed by atoms with van der Waals surface area (Å²) in [6.07, 6.45) is 0.464. The standard InChI is InChI=1S/C13H26O4/c1-9(2)11-7-12(4,16-6)13(14,8-15-5)10(3)17-11/h9-11,14H,7-8H2,1-6H3/t10?,11-,12?,13?/m1/s1. The highest BCUT2D eigenvalue weighted by molar-refractivity contribution is 5.07. The maximum absolute atomic E-state index is 10.8. The van der Waals surface area contributed by atoms with Gasteiger partial charge in [0.2, 0.25) is 0 Å². The van der Waals surface area contributed by atoms with Gasteiger partial charge in [-0.3, -0.25) is 0 Å². The molecule has 1 heterocycles. The molecule has 1 fully saturated rings. The van der Waals surface area contributed by atoms with Crippen molar-refractivity contribution in [2.45, 2.75) is 57.5 Å². The van der Waals surface area contributed by atoms with Crippen LogP contribution in [-0.4, -0.2) is 49.3 Å². The zero-order chi connectivity index (χ0) is 13.3. The van der Waals surface area contributed by atoms with Gasteiger partial charge in [0.1, 0.15) is 11.2 Å². The van der Waals surface area contributed by atoms with Crippen molar-refractivity contribution in [2.24, 2.45) is 5.92 Å². The van der Waals surface area contributed by atoms with Gasteiger partial charge < -0.3 is 19.3 Å². The van der Waals surface area contributed by atoms with Crippen molar-refractivity contribution in [3.8, 4) is 0 Å². The Bertz CT molecular complexity index is 256. The van der Waals surface area contributed by atoms with Crippen molar-refractivity contribution in [1.29, 1.82) is 0 Å². The second kappa shape index (κ2) is 5.22. The summed E-state index contributed by atoms with van der Waals surface area (Å²) in [4.78, 5) is 0. The van der Waals surface area contributed by atoms with E-state index in [-0.39, 0.29) is 18.8 Å². The first-order valence-corrected chi connectivity index (χ1v) is 6.22. The van der Waals surface area contributed by atoms with Crippen LogP contribution in [0.4, 0.5) is 0 Å². The first kappa shape index (κ1) is 14.9. The number of hydrogen-bond donors (Lipinski definition) is 1. The molecule has 17 heavy (non-hydrogen) atoms. The maximum Gasteiger partial charge on any atom is 0.142 e. The fourth-order valence-corrected chi connectivity index (χ4v) is 2.56. The van der Waals surface area contributed by atoms with Crippen LogP contribution in [0.5, 0.6) is 0 Å². The molecule has 1 aliphatic rings. The minimum absolute atomic E-state index is 0.104. The van der Waals surface area contributed by atoms with E-state index in [1.807, 2.05) is 13.8 Å². The Balaban J connectivity index is 2.99. The molecule has 0 bridgehead atoms. The largest absolute Gasteiger partial charge is 0.382 e. The van der Waals surface area contributed by atoms with Gasteiger partial charge in [0, 0.05) is 20.6 Å². The summed E-state index contributed by atoms with van der Waals surface area (Å²) in [5.41, 5.74) is -1.75. The smallest absolute Gasteiger partial charge is 0.142 e. The molecule has 0 radical (unpaired) electrons. The van der Waals surface area contributed by atoms with E-state index in [2.05, 4.69) is 13.8 Å². The molecule has 0 spiro atoms. The second-order valence-corrected chi connectivity index (χ2v) is 5.56. The predicted molar refractivity (Wildman–Crippen MR) is 66.0 cm³/mol. The van der Waals surface area contributed by atoms with Crippen LogP contribution >= 0.6 is 0 Å². The molecule has 0 saturated carbocycles. The highest BCUT2D eigenvalue weighted by Gasteiger charge is 2.57. The molecule has 0 amide bonds. The fourth-order valence-electron chi connectivity index (χ4n) is 2.56. The van der Waals surface area contributed by atoms with E-state index in [9.17, 15) is 5.11 Å². The minimum Gasteiger partial charge on any atom is -0.382 e. The zero-order valence-electron chi connectivity index (χ0n) is 11.8. The van der Waals surface area contributed by atoms with Gasteiger partial charge in [-0.1, -0.05) is 13.8 Å². The Morgan fingerprint density at radius 2 is 2.00 bits per heavy atom. The van der Waals surface area contributed by atoms with Gasteiger partial charge in [-0.05, 0) is 19.8 Å². The van der Waals surface area contributed by atoms with E-state index in [1.54, 1.807) is 14.2 Å². The lowest BCUT2D eigenvalue weighted by Gasteiger charge is -2.53. The average molecular weight is 246 g/mol. The van der Waals surface area contributed by atoms with Crippen molar-refractivity contribution in [3.63, 3.8) is 0 Å². The average Bonchev–Trinajstić information content (AvgIpc) is 2.26. The van der Waals surface area contributed by atoms with Gasteiger partial charge >= 0.3 is 0 Å².